The van der Waals surface area contributed by atoms with Crippen LogP contribution in [0.25, 0.3) is 0 Å². The molecule has 0 aromatic carbocycles. The molecule has 0 saturated carbocycles. The van der Waals surface area contributed by atoms with E-state index in [-0.39, 0.29) is 30.6 Å². The number of unbranched alkanes of at least 4 members (excludes halogenated alkanes) is 24. The number of nitrogens with zero attached hydrogens (tertiary/aromatic N) is 1. The number of aliphatic hydroxyl groups is 1. The number of aliphatic hydroxyl groups excluding tert-OH is 1. The summed E-state index contributed by atoms with van der Waals surface area (Å²) in [5, 5.41) is 9.29. The second-order valence-electron chi connectivity index (χ2n) is 16.4. The molecule has 0 radical (unpaired) electrons. The Balaban J connectivity index is 4.20. The van der Waals surface area contributed by atoms with Gasteiger partial charge in [0.05, 0.1) is 18.6 Å². The number of esters is 2. The molecule has 0 aromatic heterocycles. The molecule has 0 aliphatic heterocycles. The lowest BCUT2D eigenvalue weighted by atomic mass is 9.94. The summed E-state index contributed by atoms with van der Waals surface area (Å²) in [4.78, 5) is 27.9. The van der Waals surface area contributed by atoms with Gasteiger partial charge in [-0.1, -0.05) is 168 Å². The van der Waals surface area contributed by atoms with Gasteiger partial charge >= 0.3 is 11.9 Å². The topological polar surface area (TPSA) is 76.1 Å². The maximum absolute atomic E-state index is 13.2. The van der Waals surface area contributed by atoms with Gasteiger partial charge in [-0.3, -0.25) is 9.59 Å². The highest BCUT2D eigenvalue weighted by Gasteiger charge is 2.21. The van der Waals surface area contributed by atoms with Crippen LogP contribution in [0.15, 0.2) is 0 Å². The van der Waals surface area contributed by atoms with Crippen molar-refractivity contribution in [3.63, 3.8) is 0 Å². The van der Waals surface area contributed by atoms with E-state index in [1.54, 1.807) is 0 Å². The van der Waals surface area contributed by atoms with Gasteiger partial charge in [-0.25, -0.2) is 0 Å². The molecule has 0 heterocycles. The van der Waals surface area contributed by atoms with Crippen LogP contribution in [0.4, 0.5) is 0 Å². The first-order valence-electron chi connectivity index (χ1n) is 23.7. The highest BCUT2D eigenvalue weighted by Crippen LogP contribution is 2.22. The number of ether oxygens (including phenoxy) is 2. The molecule has 0 amide bonds. The van der Waals surface area contributed by atoms with Gasteiger partial charge in [-0.15, -0.1) is 0 Å². The van der Waals surface area contributed by atoms with Gasteiger partial charge in [0.15, 0.2) is 0 Å². The second kappa shape index (κ2) is 42.0. The lowest BCUT2D eigenvalue weighted by Gasteiger charge is -2.22. The van der Waals surface area contributed by atoms with Gasteiger partial charge in [-0.2, -0.15) is 0 Å². The van der Waals surface area contributed by atoms with Gasteiger partial charge in [0.1, 0.15) is 0 Å². The summed E-state index contributed by atoms with van der Waals surface area (Å²) >= 11 is 0. The van der Waals surface area contributed by atoms with E-state index >= 15 is 0 Å². The normalized spacial score (nSPS) is 12.2. The molecule has 6 nitrogen and oxygen atoms in total. The summed E-state index contributed by atoms with van der Waals surface area (Å²) in [6, 6.07) is 0. The SMILES string of the molecule is CCCCCCCCCOC(=O)CCCCCCCN(CCCCO)CCCCCCC(C)OC(=O)C(CCCCCCCC)CCCCCCCC. The predicted molar refractivity (Wildman–Crippen MR) is 228 cm³/mol. The zero-order valence-corrected chi connectivity index (χ0v) is 36.3. The van der Waals surface area contributed by atoms with E-state index in [1.165, 1.54) is 141 Å². The number of hydrogen-bond acceptors (Lipinski definition) is 6. The van der Waals surface area contributed by atoms with Crippen molar-refractivity contribution < 1.29 is 24.2 Å². The molecule has 0 saturated heterocycles. The van der Waals surface area contributed by atoms with E-state index in [9.17, 15) is 14.7 Å². The van der Waals surface area contributed by atoms with Crippen LogP contribution in [-0.2, 0) is 19.1 Å². The molecule has 0 bridgehead atoms. The fourth-order valence-electron chi connectivity index (χ4n) is 7.43. The van der Waals surface area contributed by atoms with Gasteiger partial charge in [0.25, 0.3) is 0 Å². The molecule has 0 aliphatic rings. The number of hydrogen-bond donors (Lipinski definition) is 1. The molecule has 1 unspecified atom stereocenters. The van der Waals surface area contributed by atoms with Crippen molar-refractivity contribution in [1.82, 2.24) is 4.90 Å². The third-order valence-corrected chi connectivity index (χ3v) is 11.0. The zero-order valence-electron chi connectivity index (χ0n) is 36.3. The molecule has 0 spiro atoms. The minimum Gasteiger partial charge on any atom is -0.466 e. The van der Waals surface area contributed by atoms with Crippen molar-refractivity contribution in [2.45, 2.75) is 252 Å². The lowest BCUT2D eigenvalue weighted by molar-refractivity contribution is -0.154. The highest BCUT2D eigenvalue weighted by molar-refractivity contribution is 5.72. The van der Waals surface area contributed by atoms with Crippen LogP contribution in [0.1, 0.15) is 246 Å². The van der Waals surface area contributed by atoms with Gasteiger partial charge in [0.2, 0.25) is 0 Å². The first-order chi connectivity index (χ1) is 26.0. The maximum atomic E-state index is 13.2. The van der Waals surface area contributed by atoms with Crippen LogP contribution in [0.3, 0.4) is 0 Å². The van der Waals surface area contributed by atoms with E-state index in [0.717, 1.165) is 90.3 Å². The van der Waals surface area contributed by atoms with Crippen LogP contribution in [-0.4, -0.2) is 60.9 Å². The number of carbonyl (C=O) groups excluding carboxylic acids is 2. The van der Waals surface area contributed by atoms with Crippen LogP contribution in [0.2, 0.25) is 0 Å². The average Bonchev–Trinajstić information content (AvgIpc) is 3.15. The van der Waals surface area contributed by atoms with Crippen LogP contribution < -0.4 is 0 Å². The summed E-state index contributed by atoms with van der Waals surface area (Å²) in [6.45, 7) is 13.0. The molecule has 1 N–H and O–H groups in total. The largest absolute Gasteiger partial charge is 0.466 e. The summed E-state index contributed by atoms with van der Waals surface area (Å²) in [6.07, 6.45) is 39.7. The monoisotopic (exact) mass is 752 g/mol. The first-order valence-corrected chi connectivity index (χ1v) is 23.7. The Morgan fingerprint density at radius 3 is 1.38 bits per heavy atom. The Morgan fingerprint density at radius 1 is 0.491 bits per heavy atom. The Morgan fingerprint density at radius 2 is 0.887 bits per heavy atom. The molecule has 316 valence electrons. The predicted octanol–water partition coefficient (Wildman–Crippen LogP) is 13.7. The lowest BCUT2D eigenvalue weighted by Crippen LogP contribution is -2.27. The first kappa shape index (κ1) is 51.9. The van der Waals surface area contributed by atoms with E-state index in [4.69, 9.17) is 9.47 Å². The molecular weight excluding hydrogens is 659 g/mol. The molecule has 0 aromatic rings. The van der Waals surface area contributed by atoms with Crippen molar-refractivity contribution in [3.05, 3.63) is 0 Å². The van der Waals surface area contributed by atoms with Crippen LogP contribution >= 0.6 is 0 Å². The molecule has 1 atom stereocenters. The Labute approximate surface area is 331 Å². The summed E-state index contributed by atoms with van der Waals surface area (Å²) in [5.41, 5.74) is 0. The Bertz CT molecular complexity index is 745. The fraction of sp³-hybridized carbons (Fsp3) is 0.957. The third-order valence-electron chi connectivity index (χ3n) is 11.0. The quantitative estimate of drug-likeness (QED) is 0.0494. The van der Waals surface area contributed by atoms with Crippen LogP contribution in [0.5, 0.6) is 0 Å². The van der Waals surface area contributed by atoms with E-state index in [2.05, 4.69) is 32.6 Å². The molecular formula is C47H93NO5. The summed E-state index contributed by atoms with van der Waals surface area (Å²) in [5.74, 6) is 0.127. The summed E-state index contributed by atoms with van der Waals surface area (Å²) in [7, 11) is 0. The molecule has 0 aliphatic carbocycles. The zero-order chi connectivity index (χ0) is 38.9. The molecule has 0 rings (SSSR count). The average molecular weight is 752 g/mol. The third kappa shape index (κ3) is 37.6. The Hall–Kier alpha value is -1.14. The van der Waals surface area contributed by atoms with E-state index in [1.807, 2.05) is 0 Å². The smallest absolute Gasteiger partial charge is 0.309 e. The second-order valence-corrected chi connectivity index (χ2v) is 16.4. The van der Waals surface area contributed by atoms with E-state index in [0.29, 0.717) is 13.0 Å². The van der Waals surface area contributed by atoms with Crippen molar-refractivity contribution in [1.29, 1.82) is 0 Å². The number of carbonyl (C=O) groups is 2. The standard InChI is InChI=1S/C47H93NO5/c1-5-8-11-14-17-25-34-43-52-46(50)38-29-21-18-23-30-39-48(41-32-33-42-49)40-31-24-22-26-35-44(4)53-47(51)45(36-27-19-15-12-9-6-2)37-28-20-16-13-10-7-3/h44-45,49H,5-43H2,1-4H3. The minimum absolute atomic E-state index is 0.00893. The summed E-state index contributed by atoms with van der Waals surface area (Å²) < 4.78 is 11.5. The van der Waals surface area contributed by atoms with Crippen molar-refractivity contribution in [2.75, 3.05) is 32.8 Å². The van der Waals surface area contributed by atoms with Gasteiger partial charge < -0.3 is 19.5 Å². The number of rotatable bonds is 43. The minimum atomic E-state index is -0.0206. The van der Waals surface area contributed by atoms with E-state index < -0.39 is 0 Å². The van der Waals surface area contributed by atoms with Crippen molar-refractivity contribution in [3.8, 4) is 0 Å². The molecule has 6 heteroatoms. The fourth-order valence-corrected chi connectivity index (χ4v) is 7.43. The molecule has 0 fully saturated rings. The van der Waals surface area contributed by atoms with Gasteiger partial charge in [-0.05, 0) is 90.8 Å². The van der Waals surface area contributed by atoms with Crippen molar-refractivity contribution >= 4 is 11.9 Å². The van der Waals surface area contributed by atoms with Crippen molar-refractivity contribution in [2.24, 2.45) is 5.92 Å². The highest BCUT2D eigenvalue weighted by atomic mass is 16.5. The van der Waals surface area contributed by atoms with Gasteiger partial charge in [0, 0.05) is 13.0 Å². The maximum Gasteiger partial charge on any atom is 0.309 e. The molecule has 53 heavy (non-hydrogen) atoms. The Kier molecular flexibility index (Phi) is 41.1. The van der Waals surface area contributed by atoms with Crippen LogP contribution in [0, 0.1) is 5.92 Å².